The van der Waals surface area contributed by atoms with E-state index in [0.29, 0.717) is 5.92 Å². The van der Waals surface area contributed by atoms with Gasteiger partial charge in [0.2, 0.25) is 0 Å². The van der Waals surface area contributed by atoms with Crippen molar-refractivity contribution in [1.82, 2.24) is 4.98 Å². The second-order valence-electron chi connectivity index (χ2n) is 4.88. The largest absolute Gasteiger partial charge is 0.481 e. The van der Waals surface area contributed by atoms with Crippen molar-refractivity contribution in [2.75, 3.05) is 0 Å². The van der Waals surface area contributed by atoms with E-state index in [4.69, 9.17) is 5.11 Å². The maximum Gasteiger partial charge on any atom is 0.307 e. The van der Waals surface area contributed by atoms with Crippen molar-refractivity contribution in [3.63, 3.8) is 0 Å². The molecule has 2 atom stereocenters. The average molecular weight is 219 g/mol. The highest BCUT2D eigenvalue weighted by Crippen LogP contribution is 2.47. The summed E-state index contributed by atoms with van der Waals surface area (Å²) in [7, 11) is 0. The first-order valence-electron chi connectivity index (χ1n) is 5.71. The number of nitrogens with zero attached hydrogens (tertiary/aromatic N) is 1. The first-order chi connectivity index (χ1) is 7.50. The molecule has 0 spiro atoms. The molecule has 16 heavy (non-hydrogen) atoms. The summed E-state index contributed by atoms with van der Waals surface area (Å²) in [4.78, 5) is 15.4. The van der Waals surface area contributed by atoms with Crippen molar-refractivity contribution in [3.05, 3.63) is 29.1 Å². The predicted octanol–water partition coefficient (Wildman–Crippen LogP) is 2.70. The Labute approximate surface area is 95.5 Å². The molecular weight excluding hydrogens is 202 g/mol. The maximum atomic E-state index is 10.8. The molecule has 3 nitrogen and oxygen atoms in total. The first kappa shape index (κ1) is 11.1. The Bertz CT molecular complexity index is 426. The van der Waals surface area contributed by atoms with Crippen LogP contribution in [-0.4, -0.2) is 16.1 Å². The van der Waals surface area contributed by atoms with E-state index < -0.39 is 5.97 Å². The second-order valence-corrected chi connectivity index (χ2v) is 4.88. The number of aromatic nitrogens is 1. The summed E-state index contributed by atoms with van der Waals surface area (Å²) in [6.07, 6.45) is 0.739. The molecule has 0 radical (unpaired) electrons. The molecule has 1 fully saturated rings. The molecule has 1 aromatic rings. The van der Waals surface area contributed by atoms with E-state index >= 15 is 0 Å². The molecule has 3 heteroatoms. The summed E-state index contributed by atoms with van der Waals surface area (Å²) >= 11 is 0. The predicted molar refractivity (Wildman–Crippen MR) is 61.5 cm³/mol. The third-order valence-electron chi connectivity index (χ3n) is 3.19. The number of hydrogen-bond donors (Lipinski definition) is 1. The average Bonchev–Trinajstić information content (AvgIpc) is 2.97. The van der Waals surface area contributed by atoms with Crippen LogP contribution in [0.5, 0.6) is 0 Å². The standard InChI is InChI=1S/C13H17NO2/c1-7(2)12-8(3)4-5-11(14-12)9-6-10(9)13(15)16/h4-5,7,9-10H,6H2,1-3H3,(H,15,16). The van der Waals surface area contributed by atoms with Gasteiger partial charge < -0.3 is 5.11 Å². The number of carboxylic acid groups (broad SMARTS) is 1. The molecule has 0 saturated heterocycles. The molecule has 0 amide bonds. The lowest BCUT2D eigenvalue weighted by Gasteiger charge is -2.10. The molecule has 1 heterocycles. The summed E-state index contributed by atoms with van der Waals surface area (Å²) < 4.78 is 0. The van der Waals surface area contributed by atoms with Crippen molar-refractivity contribution in [2.45, 2.75) is 39.0 Å². The number of aliphatic carboxylic acids is 1. The molecular formula is C13H17NO2. The third kappa shape index (κ3) is 1.94. The third-order valence-corrected chi connectivity index (χ3v) is 3.19. The fraction of sp³-hybridized carbons (Fsp3) is 0.538. The highest BCUT2D eigenvalue weighted by molar-refractivity contribution is 5.75. The zero-order chi connectivity index (χ0) is 11.9. The van der Waals surface area contributed by atoms with Gasteiger partial charge in [0.25, 0.3) is 0 Å². The van der Waals surface area contributed by atoms with Crippen molar-refractivity contribution in [1.29, 1.82) is 0 Å². The number of carbonyl (C=O) groups is 1. The van der Waals surface area contributed by atoms with E-state index in [0.717, 1.165) is 17.8 Å². The highest BCUT2D eigenvalue weighted by atomic mass is 16.4. The minimum Gasteiger partial charge on any atom is -0.481 e. The van der Waals surface area contributed by atoms with Crippen LogP contribution in [0.4, 0.5) is 0 Å². The zero-order valence-corrected chi connectivity index (χ0v) is 9.90. The Hall–Kier alpha value is -1.38. The lowest BCUT2D eigenvalue weighted by Crippen LogP contribution is -2.03. The Morgan fingerprint density at radius 1 is 1.50 bits per heavy atom. The normalized spacial score (nSPS) is 23.5. The van der Waals surface area contributed by atoms with Gasteiger partial charge in [0.1, 0.15) is 0 Å². The first-order valence-corrected chi connectivity index (χ1v) is 5.71. The van der Waals surface area contributed by atoms with Crippen molar-refractivity contribution >= 4 is 5.97 Å². The van der Waals surface area contributed by atoms with Gasteiger partial charge in [0.15, 0.2) is 0 Å². The number of hydrogen-bond acceptors (Lipinski definition) is 2. The molecule has 1 aromatic heterocycles. The fourth-order valence-electron chi connectivity index (χ4n) is 2.15. The lowest BCUT2D eigenvalue weighted by atomic mass is 10.0. The molecule has 2 unspecified atom stereocenters. The Morgan fingerprint density at radius 2 is 2.19 bits per heavy atom. The summed E-state index contributed by atoms with van der Waals surface area (Å²) in [6.45, 7) is 6.27. The van der Waals surface area contributed by atoms with E-state index in [2.05, 4.69) is 24.9 Å². The second kappa shape index (κ2) is 3.89. The molecule has 0 aliphatic heterocycles. The van der Waals surface area contributed by atoms with Crippen LogP contribution in [0.2, 0.25) is 0 Å². The number of carboxylic acids is 1. The minimum atomic E-state index is -0.696. The van der Waals surface area contributed by atoms with Crippen LogP contribution in [-0.2, 0) is 4.79 Å². The molecule has 1 aliphatic carbocycles. The minimum absolute atomic E-state index is 0.135. The quantitative estimate of drug-likeness (QED) is 0.850. The van der Waals surface area contributed by atoms with Gasteiger partial charge in [-0.05, 0) is 30.9 Å². The van der Waals surface area contributed by atoms with Crippen LogP contribution in [0.15, 0.2) is 12.1 Å². The maximum absolute atomic E-state index is 10.8. The van der Waals surface area contributed by atoms with Crippen molar-refractivity contribution < 1.29 is 9.90 Å². The van der Waals surface area contributed by atoms with Crippen molar-refractivity contribution in [3.8, 4) is 0 Å². The van der Waals surface area contributed by atoms with Crippen LogP contribution in [0, 0.1) is 12.8 Å². The SMILES string of the molecule is Cc1ccc(C2CC2C(=O)O)nc1C(C)C. The molecule has 0 aromatic carbocycles. The fourth-order valence-corrected chi connectivity index (χ4v) is 2.15. The van der Waals surface area contributed by atoms with Gasteiger partial charge in [0.05, 0.1) is 5.92 Å². The van der Waals surface area contributed by atoms with Gasteiger partial charge in [-0.2, -0.15) is 0 Å². The van der Waals surface area contributed by atoms with Gasteiger partial charge in [0, 0.05) is 17.3 Å². The molecule has 2 rings (SSSR count). The summed E-state index contributed by atoms with van der Waals surface area (Å²) in [5.74, 6) is -0.383. The Morgan fingerprint density at radius 3 is 2.69 bits per heavy atom. The molecule has 86 valence electrons. The number of pyridine rings is 1. The van der Waals surface area contributed by atoms with E-state index in [9.17, 15) is 4.79 Å². The summed E-state index contributed by atoms with van der Waals surface area (Å²) in [6, 6.07) is 4.02. The van der Waals surface area contributed by atoms with Gasteiger partial charge in [-0.25, -0.2) is 0 Å². The van der Waals surface area contributed by atoms with Crippen molar-refractivity contribution in [2.24, 2.45) is 5.92 Å². The van der Waals surface area contributed by atoms with E-state index in [1.54, 1.807) is 0 Å². The van der Waals surface area contributed by atoms with Crippen LogP contribution < -0.4 is 0 Å². The lowest BCUT2D eigenvalue weighted by molar-refractivity contribution is -0.138. The number of aryl methyl sites for hydroxylation is 1. The van der Waals surface area contributed by atoms with Gasteiger partial charge in [-0.3, -0.25) is 9.78 Å². The van der Waals surface area contributed by atoms with E-state index in [1.807, 2.05) is 13.0 Å². The monoisotopic (exact) mass is 219 g/mol. The molecule has 0 bridgehead atoms. The molecule has 1 saturated carbocycles. The Balaban J connectivity index is 2.24. The van der Waals surface area contributed by atoms with E-state index in [-0.39, 0.29) is 11.8 Å². The van der Waals surface area contributed by atoms with Gasteiger partial charge in [-0.1, -0.05) is 19.9 Å². The van der Waals surface area contributed by atoms with Crippen LogP contribution in [0.1, 0.15) is 49.1 Å². The highest BCUT2D eigenvalue weighted by Gasteiger charge is 2.45. The molecule has 1 N–H and O–H groups in total. The van der Waals surface area contributed by atoms with Crippen LogP contribution in [0.3, 0.4) is 0 Å². The van der Waals surface area contributed by atoms with Gasteiger partial charge >= 0.3 is 5.97 Å². The van der Waals surface area contributed by atoms with Crippen LogP contribution >= 0.6 is 0 Å². The zero-order valence-electron chi connectivity index (χ0n) is 9.90. The topological polar surface area (TPSA) is 50.2 Å². The number of rotatable bonds is 3. The van der Waals surface area contributed by atoms with Gasteiger partial charge in [-0.15, -0.1) is 0 Å². The Kier molecular flexibility index (Phi) is 2.70. The molecule has 1 aliphatic rings. The van der Waals surface area contributed by atoms with E-state index in [1.165, 1.54) is 5.56 Å². The summed E-state index contributed by atoms with van der Waals surface area (Å²) in [5, 5.41) is 8.89. The smallest absolute Gasteiger partial charge is 0.307 e. The summed E-state index contributed by atoms with van der Waals surface area (Å²) in [5.41, 5.74) is 3.22. The van der Waals surface area contributed by atoms with Crippen LogP contribution in [0.25, 0.3) is 0 Å².